The molecule has 1 aliphatic heterocycles. The number of para-hydroxylation sites is 1. The molecule has 3 N–H and O–H groups in total. The van der Waals surface area contributed by atoms with Gasteiger partial charge in [0.05, 0.1) is 5.69 Å². The number of hydrazone groups is 1. The van der Waals surface area contributed by atoms with Crippen LogP contribution in [0.2, 0.25) is 0 Å². The number of anilines is 2. The first-order valence-corrected chi connectivity index (χ1v) is 8.05. The van der Waals surface area contributed by atoms with Crippen molar-refractivity contribution in [3.05, 3.63) is 59.7 Å². The first-order valence-electron chi connectivity index (χ1n) is 8.05. The van der Waals surface area contributed by atoms with Crippen LogP contribution in [0.25, 0.3) is 0 Å². The van der Waals surface area contributed by atoms with E-state index in [1.54, 1.807) is 0 Å². The molecule has 0 fully saturated rings. The van der Waals surface area contributed by atoms with Crippen LogP contribution in [0.4, 0.5) is 11.4 Å². The maximum absolute atomic E-state index is 12.6. The summed E-state index contributed by atoms with van der Waals surface area (Å²) in [5.41, 5.74) is 9.33. The molecular formula is C19H20N4O2. The van der Waals surface area contributed by atoms with Gasteiger partial charge >= 0.3 is 0 Å². The SMILES string of the molecule is Cc1ccc(NC(=O)C2=NN(c3ccccc3)C(C(N)=O)C2)c(C)c1. The Labute approximate surface area is 146 Å². The summed E-state index contributed by atoms with van der Waals surface area (Å²) in [6.45, 7) is 3.93. The van der Waals surface area contributed by atoms with E-state index in [0.717, 1.165) is 22.5 Å². The molecule has 2 aromatic rings. The highest BCUT2D eigenvalue weighted by molar-refractivity contribution is 6.44. The minimum atomic E-state index is -0.665. The van der Waals surface area contributed by atoms with E-state index in [1.165, 1.54) is 5.01 Å². The molecule has 6 heteroatoms. The number of nitrogens with zero attached hydrogens (tertiary/aromatic N) is 2. The van der Waals surface area contributed by atoms with Crippen LogP contribution in [0.5, 0.6) is 0 Å². The molecule has 0 aliphatic carbocycles. The second-order valence-electron chi connectivity index (χ2n) is 6.12. The van der Waals surface area contributed by atoms with Gasteiger partial charge in [0.25, 0.3) is 5.91 Å². The number of amides is 2. The smallest absolute Gasteiger partial charge is 0.271 e. The number of hydrogen-bond acceptors (Lipinski definition) is 4. The number of aryl methyl sites for hydroxylation is 2. The number of hydrogen-bond donors (Lipinski definition) is 2. The van der Waals surface area contributed by atoms with E-state index >= 15 is 0 Å². The standard InChI is InChI=1S/C19H20N4O2/c1-12-8-9-15(13(2)10-12)21-19(25)16-11-17(18(20)24)23(22-16)14-6-4-3-5-7-14/h3-10,17H,11H2,1-2H3,(H2,20,24)(H,21,25). The third kappa shape index (κ3) is 3.52. The molecule has 0 saturated carbocycles. The maximum atomic E-state index is 12.6. The van der Waals surface area contributed by atoms with E-state index in [9.17, 15) is 9.59 Å². The Bertz CT molecular complexity index is 846. The number of carbonyl (C=O) groups is 2. The summed E-state index contributed by atoms with van der Waals surface area (Å²) in [5, 5.41) is 8.72. The van der Waals surface area contributed by atoms with E-state index in [4.69, 9.17) is 5.73 Å². The highest BCUT2D eigenvalue weighted by Gasteiger charge is 2.35. The van der Waals surface area contributed by atoms with Gasteiger partial charge in [0.15, 0.2) is 0 Å². The monoisotopic (exact) mass is 336 g/mol. The van der Waals surface area contributed by atoms with Gasteiger partial charge < -0.3 is 11.1 Å². The molecule has 1 atom stereocenters. The average Bonchev–Trinajstić information content (AvgIpc) is 3.04. The molecule has 0 spiro atoms. The molecule has 0 aromatic heterocycles. The average molecular weight is 336 g/mol. The summed E-state index contributed by atoms with van der Waals surface area (Å²) in [6.07, 6.45) is 0.182. The van der Waals surface area contributed by atoms with Crippen molar-refractivity contribution in [1.82, 2.24) is 0 Å². The van der Waals surface area contributed by atoms with Gasteiger partial charge in [-0.2, -0.15) is 5.10 Å². The molecular weight excluding hydrogens is 316 g/mol. The molecule has 25 heavy (non-hydrogen) atoms. The quantitative estimate of drug-likeness (QED) is 0.898. The van der Waals surface area contributed by atoms with Crippen LogP contribution >= 0.6 is 0 Å². The Kier molecular flexibility index (Phi) is 4.52. The molecule has 128 valence electrons. The van der Waals surface area contributed by atoms with E-state index in [2.05, 4.69) is 10.4 Å². The van der Waals surface area contributed by atoms with E-state index < -0.39 is 11.9 Å². The zero-order chi connectivity index (χ0) is 18.0. The summed E-state index contributed by atoms with van der Waals surface area (Å²) in [7, 11) is 0. The molecule has 0 saturated heterocycles. The van der Waals surface area contributed by atoms with E-state index in [0.29, 0.717) is 0 Å². The maximum Gasteiger partial charge on any atom is 0.271 e. The highest BCUT2D eigenvalue weighted by Crippen LogP contribution is 2.25. The molecule has 0 bridgehead atoms. The van der Waals surface area contributed by atoms with Crippen molar-refractivity contribution in [2.45, 2.75) is 26.3 Å². The summed E-state index contributed by atoms with van der Waals surface area (Å²) >= 11 is 0. The Morgan fingerprint density at radius 2 is 1.88 bits per heavy atom. The molecule has 2 amide bonds. The van der Waals surface area contributed by atoms with Gasteiger partial charge in [-0.3, -0.25) is 14.6 Å². The van der Waals surface area contributed by atoms with E-state index in [-0.39, 0.29) is 18.0 Å². The number of carbonyl (C=O) groups excluding carboxylic acids is 2. The Morgan fingerprint density at radius 1 is 1.16 bits per heavy atom. The fraction of sp³-hybridized carbons (Fsp3) is 0.211. The van der Waals surface area contributed by atoms with Gasteiger partial charge in [0.1, 0.15) is 11.8 Å². The van der Waals surface area contributed by atoms with Crippen molar-refractivity contribution < 1.29 is 9.59 Å². The number of benzene rings is 2. The van der Waals surface area contributed by atoms with Crippen molar-refractivity contribution in [2.24, 2.45) is 10.8 Å². The molecule has 0 radical (unpaired) electrons. The van der Waals surface area contributed by atoms with Gasteiger partial charge in [-0.1, -0.05) is 35.9 Å². The summed E-state index contributed by atoms with van der Waals surface area (Å²) in [4.78, 5) is 24.4. The Hall–Kier alpha value is -3.15. The van der Waals surface area contributed by atoms with Crippen LogP contribution < -0.4 is 16.1 Å². The van der Waals surface area contributed by atoms with Crippen molar-refractivity contribution in [3.63, 3.8) is 0 Å². The van der Waals surface area contributed by atoms with Gasteiger partial charge in [-0.05, 0) is 37.6 Å². The van der Waals surface area contributed by atoms with Crippen LogP contribution in [0, 0.1) is 13.8 Å². The lowest BCUT2D eigenvalue weighted by atomic mass is 10.1. The third-order valence-corrected chi connectivity index (χ3v) is 4.15. The molecule has 1 unspecified atom stereocenters. The molecule has 6 nitrogen and oxygen atoms in total. The highest BCUT2D eigenvalue weighted by atomic mass is 16.2. The van der Waals surface area contributed by atoms with E-state index in [1.807, 2.05) is 62.4 Å². The second-order valence-corrected chi connectivity index (χ2v) is 6.12. The lowest BCUT2D eigenvalue weighted by Crippen LogP contribution is -2.39. The van der Waals surface area contributed by atoms with Gasteiger partial charge in [0, 0.05) is 12.1 Å². The zero-order valence-electron chi connectivity index (χ0n) is 14.2. The Morgan fingerprint density at radius 3 is 2.52 bits per heavy atom. The Balaban J connectivity index is 1.84. The summed E-state index contributed by atoms with van der Waals surface area (Å²) < 4.78 is 0. The first kappa shape index (κ1) is 16.7. The largest absolute Gasteiger partial charge is 0.368 e. The predicted molar refractivity (Wildman–Crippen MR) is 98.5 cm³/mol. The van der Waals surface area contributed by atoms with Crippen LogP contribution in [-0.2, 0) is 9.59 Å². The number of rotatable bonds is 4. The summed E-state index contributed by atoms with van der Waals surface area (Å²) in [5.74, 6) is -0.835. The van der Waals surface area contributed by atoms with Crippen molar-refractivity contribution in [2.75, 3.05) is 10.3 Å². The first-order chi connectivity index (χ1) is 12.0. The molecule has 1 aliphatic rings. The number of nitrogens with one attached hydrogen (secondary N) is 1. The van der Waals surface area contributed by atoms with Crippen LogP contribution in [-0.4, -0.2) is 23.6 Å². The van der Waals surface area contributed by atoms with Crippen LogP contribution in [0.1, 0.15) is 17.5 Å². The second kappa shape index (κ2) is 6.76. The lowest BCUT2D eigenvalue weighted by molar-refractivity contribution is -0.119. The molecule has 3 rings (SSSR count). The van der Waals surface area contributed by atoms with Crippen molar-refractivity contribution in [1.29, 1.82) is 0 Å². The minimum Gasteiger partial charge on any atom is -0.368 e. The third-order valence-electron chi connectivity index (χ3n) is 4.15. The fourth-order valence-electron chi connectivity index (χ4n) is 2.84. The van der Waals surface area contributed by atoms with Crippen molar-refractivity contribution >= 4 is 28.9 Å². The van der Waals surface area contributed by atoms with Gasteiger partial charge in [-0.25, -0.2) is 0 Å². The van der Waals surface area contributed by atoms with Gasteiger partial charge in [0.2, 0.25) is 5.91 Å². The fourth-order valence-corrected chi connectivity index (χ4v) is 2.84. The molecule has 1 heterocycles. The normalized spacial score (nSPS) is 16.5. The van der Waals surface area contributed by atoms with Crippen LogP contribution in [0.3, 0.4) is 0 Å². The topological polar surface area (TPSA) is 87.8 Å². The zero-order valence-corrected chi connectivity index (χ0v) is 14.2. The number of nitrogens with two attached hydrogens (primary N) is 1. The lowest BCUT2D eigenvalue weighted by Gasteiger charge is -2.20. The van der Waals surface area contributed by atoms with Crippen molar-refractivity contribution in [3.8, 4) is 0 Å². The predicted octanol–water partition coefficient (Wildman–Crippen LogP) is 2.36. The minimum absolute atomic E-state index is 0.182. The van der Waals surface area contributed by atoms with Gasteiger partial charge in [-0.15, -0.1) is 0 Å². The van der Waals surface area contributed by atoms with Crippen LogP contribution in [0.15, 0.2) is 53.6 Å². The number of primary amides is 1. The summed E-state index contributed by atoms with van der Waals surface area (Å²) in [6, 6.07) is 14.3. The molecule has 2 aromatic carbocycles.